The third-order valence-corrected chi connectivity index (χ3v) is 1.49. The fourth-order valence-electron chi connectivity index (χ4n) is 0.477. The zero-order valence-electron chi connectivity index (χ0n) is 7.59. The summed E-state index contributed by atoms with van der Waals surface area (Å²) in [5, 5.41) is 33.6. The number of rotatable bonds is 0. The van der Waals surface area contributed by atoms with Crippen molar-refractivity contribution in [1.29, 1.82) is 10.8 Å². The first-order chi connectivity index (χ1) is 6.95. The molecular weight excluding hydrogens is 268 g/mol. The Hall–Kier alpha value is -0.975. The van der Waals surface area contributed by atoms with Crippen molar-refractivity contribution in [2.45, 2.75) is 0 Å². The average molecular weight is 275 g/mol. The molecule has 0 amide bonds. The van der Waals surface area contributed by atoms with E-state index in [1.165, 1.54) is 12.1 Å². The largest absolute Gasteiger partial charge is 0.631 e. The van der Waals surface area contributed by atoms with Crippen LogP contribution in [0.5, 0.6) is 0 Å². The van der Waals surface area contributed by atoms with E-state index in [-0.39, 0.29) is 14.7 Å². The molecule has 0 aliphatic rings. The first kappa shape index (κ1) is 20.4. The van der Waals surface area contributed by atoms with Crippen molar-refractivity contribution in [3.63, 3.8) is 0 Å². The number of halogens is 4. The summed E-state index contributed by atoms with van der Waals surface area (Å²) in [6.45, 7) is 0. The third-order valence-electron chi connectivity index (χ3n) is 0.904. The SMILES string of the molecule is F.Fc1c(Cl)cccc1Cl.N#N.OB(O)O. The van der Waals surface area contributed by atoms with E-state index < -0.39 is 13.1 Å². The van der Waals surface area contributed by atoms with Crippen molar-refractivity contribution in [3.05, 3.63) is 34.1 Å². The second-order valence-corrected chi connectivity index (χ2v) is 2.70. The molecular formula is C6H7BCl2F2N2O3. The van der Waals surface area contributed by atoms with Gasteiger partial charge in [-0.05, 0) is 12.1 Å². The molecule has 1 rings (SSSR count). The molecule has 1 aromatic carbocycles. The number of benzene rings is 1. The van der Waals surface area contributed by atoms with Gasteiger partial charge in [0.25, 0.3) is 0 Å². The fraction of sp³-hybridized carbons (Fsp3) is 0. The van der Waals surface area contributed by atoms with Gasteiger partial charge >= 0.3 is 7.32 Å². The van der Waals surface area contributed by atoms with Gasteiger partial charge < -0.3 is 15.1 Å². The zero-order chi connectivity index (χ0) is 12.4. The molecule has 0 atom stereocenters. The van der Waals surface area contributed by atoms with E-state index in [2.05, 4.69) is 0 Å². The lowest BCUT2D eigenvalue weighted by Crippen LogP contribution is -2.07. The van der Waals surface area contributed by atoms with E-state index in [0.29, 0.717) is 0 Å². The van der Waals surface area contributed by atoms with Crippen LogP contribution in [0.2, 0.25) is 10.0 Å². The second kappa shape index (κ2) is 12.1. The summed E-state index contributed by atoms with van der Waals surface area (Å²) >= 11 is 10.7. The van der Waals surface area contributed by atoms with E-state index in [1.54, 1.807) is 6.07 Å². The predicted molar refractivity (Wildman–Crippen MR) is 54.8 cm³/mol. The maximum absolute atomic E-state index is 12.5. The molecule has 3 N–H and O–H groups in total. The van der Waals surface area contributed by atoms with Gasteiger partial charge in [-0.2, -0.15) is 0 Å². The Morgan fingerprint density at radius 1 is 1.06 bits per heavy atom. The Balaban J connectivity index is -0.000000209. The molecule has 0 spiro atoms. The molecule has 10 heteroatoms. The molecule has 0 aliphatic heterocycles. The molecule has 0 heterocycles. The van der Waals surface area contributed by atoms with Crippen LogP contribution in [0.1, 0.15) is 0 Å². The minimum atomic E-state index is -2.17. The summed E-state index contributed by atoms with van der Waals surface area (Å²) in [5.41, 5.74) is 0. The van der Waals surface area contributed by atoms with Crippen molar-refractivity contribution < 1.29 is 24.2 Å². The lowest BCUT2D eigenvalue weighted by atomic mass is 10.3. The molecule has 0 aliphatic carbocycles. The molecule has 90 valence electrons. The van der Waals surface area contributed by atoms with Gasteiger partial charge in [0.1, 0.15) is 0 Å². The van der Waals surface area contributed by atoms with Crippen molar-refractivity contribution in [1.82, 2.24) is 0 Å². The Kier molecular flexibility index (Phi) is 15.5. The zero-order valence-corrected chi connectivity index (χ0v) is 9.10. The van der Waals surface area contributed by atoms with Crippen LogP contribution in [-0.2, 0) is 0 Å². The molecule has 0 unspecified atom stereocenters. The fourth-order valence-corrected chi connectivity index (χ4v) is 0.875. The van der Waals surface area contributed by atoms with Crippen LogP contribution in [0.25, 0.3) is 0 Å². The number of hydrogen-bond acceptors (Lipinski definition) is 5. The molecule has 0 aromatic heterocycles. The second-order valence-electron chi connectivity index (χ2n) is 1.88. The highest BCUT2D eigenvalue weighted by molar-refractivity contribution is 6.34. The van der Waals surface area contributed by atoms with Crippen molar-refractivity contribution in [2.24, 2.45) is 0 Å². The van der Waals surface area contributed by atoms with Crippen LogP contribution in [0.15, 0.2) is 18.2 Å². The van der Waals surface area contributed by atoms with Gasteiger partial charge in [-0.25, -0.2) is 4.39 Å². The summed E-state index contributed by atoms with van der Waals surface area (Å²) in [5.74, 6) is -0.555. The smallest absolute Gasteiger partial charge is 0.402 e. The predicted octanol–water partition coefficient (Wildman–Crippen LogP) is 1.26. The maximum Gasteiger partial charge on any atom is 0.631 e. The van der Waals surface area contributed by atoms with E-state index in [0.717, 1.165) is 0 Å². The topological polar surface area (TPSA) is 108 Å². The van der Waals surface area contributed by atoms with Gasteiger partial charge in [0.2, 0.25) is 0 Å². The summed E-state index contributed by atoms with van der Waals surface area (Å²) in [4.78, 5) is 0. The standard InChI is InChI=1S/C6H3Cl2F.BH3O3.FH.N2/c7-4-2-1-3-5(8)6(4)9;2-1(3)4;;1-2/h1-3H;2-4H;1H;. The Labute approximate surface area is 100 Å². The lowest BCUT2D eigenvalue weighted by Gasteiger charge is -1.92. The highest BCUT2D eigenvalue weighted by atomic mass is 35.5. The number of hydrogen-bond donors (Lipinski definition) is 3. The van der Waals surface area contributed by atoms with Crippen molar-refractivity contribution in [3.8, 4) is 0 Å². The van der Waals surface area contributed by atoms with Crippen LogP contribution in [-0.4, -0.2) is 22.4 Å². The van der Waals surface area contributed by atoms with Gasteiger partial charge in [0.05, 0.1) is 10.0 Å². The summed E-state index contributed by atoms with van der Waals surface area (Å²) in [7, 11) is -2.17. The van der Waals surface area contributed by atoms with Crippen LogP contribution < -0.4 is 0 Å². The van der Waals surface area contributed by atoms with Gasteiger partial charge in [0, 0.05) is 10.8 Å². The van der Waals surface area contributed by atoms with Crippen LogP contribution in [0.4, 0.5) is 9.09 Å². The molecule has 0 fully saturated rings. The van der Waals surface area contributed by atoms with Gasteiger partial charge in [-0.15, -0.1) is 0 Å². The quantitative estimate of drug-likeness (QED) is 0.375. The molecule has 1 aromatic rings. The van der Waals surface area contributed by atoms with Gasteiger partial charge in [-0.3, -0.25) is 4.70 Å². The Bertz CT molecular complexity index is 294. The Morgan fingerprint density at radius 3 is 1.50 bits per heavy atom. The Morgan fingerprint density at radius 2 is 1.31 bits per heavy atom. The highest BCUT2D eigenvalue weighted by Gasteiger charge is 2.00. The van der Waals surface area contributed by atoms with Crippen molar-refractivity contribution >= 4 is 30.5 Å². The molecule has 0 saturated heterocycles. The monoisotopic (exact) mass is 274 g/mol. The van der Waals surface area contributed by atoms with E-state index in [9.17, 15) is 4.39 Å². The minimum absolute atomic E-state index is 0. The van der Waals surface area contributed by atoms with E-state index >= 15 is 0 Å². The third kappa shape index (κ3) is 11.1. The van der Waals surface area contributed by atoms with E-state index in [1.807, 2.05) is 0 Å². The highest BCUT2D eigenvalue weighted by Crippen LogP contribution is 2.21. The summed E-state index contributed by atoms with van der Waals surface area (Å²) < 4.78 is 12.5. The van der Waals surface area contributed by atoms with E-state index in [4.69, 9.17) is 49.1 Å². The minimum Gasteiger partial charge on any atom is -0.402 e. The average Bonchev–Trinajstić information content (AvgIpc) is 2.16. The van der Waals surface area contributed by atoms with Gasteiger partial charge in [0.15, 0.2) is 5.82 Å². The van der Waals surface area contributed by atoms with Crippen molar-refractivity contribution in [2.75, 3.05) is 0 Å². The number of nitrogens with zero attached hydrogens (tertiary/aromatic N) is 2. The van der Waals surface area contributed by atoms with Crippen LogP contribution >= 0.6 is 23.2 Å². The normalized spacial score (nSPS) is 7.25. The summed E-state index contributed by atoms with van der Waals surface area (Å²) in [6.07, 6.45) is 0. The first-order valence-electron chi connectivity index (χ1n) is 3.29. The molecule has 0 saturated carbocycles. The van der Waals surface area contributed by atoms with Crippen LogP contribution in [0.3, 0.4) is 0 Å². The lowest BCUT2D eigenvalue weighted by molar-refractivity contribution is 0.278. The maximum atomic E-state index is 12.5. The van der Waals surface area contributed by atoms with Crippen LogP contribution in [0, 0.1) is 16.6 Å². The van der Waals surface area contributed by atoms with Gasteiger partial charge in [-0.1, -0.05) is 29.3 Å². The molecule has 0 bridgehead atoms. The molecule has 5 nitrogen and oxygen atoms in total. The first-order valence-corrected chi connectivity index (χ1v) is 4.04. The summed E-state index contributed by atoms with van der Waals surface area (Å²) in [6, 6.07) is 4.49. The molecule has 0 radical (unpaired) electrons. The molecule has 16 heavy (non-hydrogen) atoms.